The highest BCUT2D eigenvalue weighted by Gasteiger charge is 2.87. The largest absolute Gasteiger partial charge is 0.574 e. The van der Waals surface area contributed by atoms with Gasteiger partial charge in [-0.3, -0.25) is 5.32 Å². The smallest absolute Gasteiger partial charge is 0.480 e. The number of benzene rings is 4. The molecular formula is C48H20F28N4O10. The van der Waals surface area contributed by atoms with Crippen LogP contribution in [-0.2, 0) is 9.47 Å². The second-order valence-electron chi connectivity index (χ2n) is 17.7. The number of rotatable bonds is 11. The molecule has 4 aromatic carbocycles. The Morgan fingerprint density at radius 1 is 0.522 bits per heavy atom. The molecule has 0 bridgehead atoms. The molecule has 0 atom stereocenters. The van der Waals surface area contributed by atoms with Crippen molar-refractivity contribution in [2.24, 2.45) is 0 Å². The molecule has 0 spiro atoms. The zero-order chi connectivity index (χ0) is 69.0. The van der Waals surface area contributed by atoms with E-state index in [-0.39, 0.29) is 11.4 Å². The summed E-state index contributed by atoms with van der Waals surface area (Å²) in [6.45, 7) is 4.84. The minimum Gasteiger partial charge on any atom is -0.480 e. The molecule has 90 heavy (non-hydrogen) atoms. The number of hydrogen-bond acceptors (Lipinski definition) is 11. The van der Waals surface area contributed by atoms with E-state index >= 15 is 13.3 Å². The minimum absolute atomic E-state index is 0.0967. The van der Waals surface area contributed by atoms with Crippen LogP contribution in [0.15, 0.2) is 36.4 Å². The van der Waals surface area contributed by atoms with Gasteiger partial charge in [-0.2, -0.15) is 48.3 Å². The van der Waals surface area contributed by atoms with Crippen LogP contribution >= 0.6 is 0 Å². The summed E-state index contributed by atoms with van der Waals surface area (Å²) in [6.07, 6.45) is -36.3. The van der Waals surface area contributed by atoms with Gasteiger partial charge in [-0.05, 0) is 26.8 Å². The topological polar surface area (TPSA) is 176 Å². The molecule has 0 aliphatic heterocycles. The molecule has 6 aromatic rings. The number of amides is 2. The number of anilines is 2. The van der Waals surface area contributed by atoms with Crippen molar-refractivity contribution in [2.45, 2.75) is 56.9 Å². The molecule has 42 heteroatoms. The fourth-order valence-electron chi connectivity index (χ4n) is 7.05. The summed E-state index contributed by atoms with van der Waals surface area (Å²) in [7, 11) is 1.12. The fourth-order valence-corrected chi connectivity index (χ4v) is 7.05. The lowest BCUT2D eigenvalue weighted by Gasteiger charge is -2.37. The standard InChI is InChI=1S/C24HF23N2O5.C24H19F5N2O5/c25-5-2(6(26)10(30)13(33)9(5)29)1-3(18(50)51)17(53-24(44,45)46)48-15(4-7(27)11(31)14(34)12(32)8(4)28)16(1)49(47)19(52)54-20(21(35,36)37,22(38,39)40)23(41,42)43;1-24(2,3)36-23(33)30-13-10-12(21(34-4)31-19(13)11-8-6-5-7-9-11)22(32)35-20-17(28)15(26)14(25)16(27)18(20)29/h(H,50,51);5-10H,1-4H3,(H,30,33). The fraction of sp³-hybridized carbons (Fsp3) is 0.208. The highest BCUT2D eigenvalue weighted by atomic mass is 19.4. The zero-order valence-corrected chi connectivity index (χ0v) is 43.0. The van der Waals surface area contributed by atoms with Gasteiger partial charge >= 0.3 is 54.6 Å². The van der Waals surface area contributed by atoms with Crippen LogP contribution < -0.4 is 24.6 Å². The molecule has 2 aromatic heterocycles. The summed E-state index contributed by atoms with van der Waals surface area (Å²) < 4.78 is 409. The van der Waals surface area contributed by atoms with Gasteiger partial charge in [-0.25, -0.2) is 86.2 Å². The summed E-state index contributed by atoms with van der Waals surface area (Å²) >= 11 is 0. The number of carboxylic acid groups (broad SMARTS) is 1. The van der Waals surface area contributed by atoms with Crippen LogP contribution in [0.25, 0.3) is 33.6 Å². The van der Waals surface area contributed by atoms with Crippen molar-refractivity contribution in [3.05, 3.63) is 135 Å². The van der Waals surface area contributed by atoms with Gasteiger partial charge in [0.25, 0.3) is 0 Å². The van der Waals surface area contributed by atoms with Crippen LogP contribution in [0.1, 0.15) is 41.5 Å². The average molecular weight is 1340 g/mol. The number of nitrogens with one attached hydrogen (secondary N) is 1. The number of nitrogens with zero attached hydrogens (tertiary/aromatic N) is 3. The predicted molar refractivity (Wildman–Crippen MR) is 237 cm³/mol. The SMILES string of the molecule is COc1nc(-c2ccccc2)c(NC(=O)OC(C)(C)C)cc1C(=O)Oc1c(F)c(F)c(F)c(F)c1F.O=C(O)c1c(OC(F)(F)F)nc(-c2c(F)c(F)c(F)c(F)c2F)c(N(F)C(=O)OC(C(F)(F)F)(C(F)(F)F)C(F)(F)F)c1-c1c(F)c(F)c(F)c(F)c1F. The third kappa shape index (κ3) is 13.5. The Hall–Kier alpha value is -9.70. The molecule has 0 aliphatic carbocycles. The number of carbonyl (C=O) groups excluding carboxylic acids is 3. The van der Waals surface area contributed by atoms with Crippen molar-refractivity contribution in [3.8, 4) is 51.2 Å². The highest BCUT2D eigenvalue weighted by molar-refractivity contribution is 6.08. The van der Waals surface area contributed by atoms with E-state index in [2.05, 4.69) is 29.5 Å². The lowest BCUT2D eigenvalue weighted by atomic mass is 9.93. The number of aromatic carboxylic acids is 1. The first kappa shape index (κ1) is 71.1. The van der Waals surface area contributed by atoms with Gasteiger partial charge in [0.2, 0.25) is 58.2 Å². The van der Waals surface area contributed by atoms with Crippen LogP contribution in [0.4, 0.5) is 144 Å². The maximum absolute atomic E-state index is 15.9. The monoisotopic (exact) mass is 1340 g/mol. The van der Waals surface area contributed by atoms with Gasteiger partial charge in [-0.15, -0.1) is 18.3 Å². The Bertz CT molecular complexity index is 3750. The number of esters is 1. The van der Waals surface area contributed by atoms with Crippen molar-refractivity contribution in [3.63, 3.8) is 0 Å². The number of methoxy groups -OCH3 is 1. The van der Waals surface area contributed by atoms with Gasteiger partial charge in [-0.1, -0.05) is 34.8 Å². The Morgan fingerprint density at radius 3 is 1.31 bits per heavy atom. The van der Waals surface area contributed by atoms with Crippen molar-refractivity contribution in [1.82, 2.24) is 9.97 Å². The Morgan fingerprint density at radius 2 is 0.922 bits per heavy atom. The van der Waals surface area contributed by atoms with E-state index in [1.807, 2.05) is 0 Å². The van der Waals surface area contributed by atoms with Crippen LogP contribution in [0.5, 0.6) is 17.5 Å². The van der Waals surface area contributed by atoms with Crippen molar-refractivity contribution >= 4 is 35.5 Å². The summed E-state index contributed by atoms with van der Waals surface area (Å²) in [5.74, 6) is -57.0. The third-order valence-corrected chi connectivity index (χ3v) is 10.7. The van der Waals surface area contributed by atoms with Gasteiger partial charge in [0.15, 0.2) is 46.5 Å². The van der Waals surface area contributed by atoms with E-state index in [0.717, 1.165) is 13.2 Å². The van der Waals surface area contributed by atoms with Gasteiger partial charge in [0.05, 0.1) is 29.6 Å². The second-order valence-corrected chi connectivity index (χ2v) is 17.7. The molecule has 0 saturated heterocycles. The van der Waals surface area contributed by atoms with Crippen LogP contribution in [-0.4, -0.2) is 82.4 Å². The second kappa shape index (κ2) is 25.1. The van der Waals surface area contributed by atoms with Gasteiger partial charge in [0, 0.05) is 11.1 Å². The molecule has 0 saturated carbocycles. The van der Waals surface area contributed by atoms with Gasteiger partial charge < -0.3 is 28.8 Å². The Labute approximate surface area is 476 Å². The number of hydrogen-bond donors (Lipinski definition) is 2. The van der Waals surface area contributed by atoms with E-state index < -0.39 is 209 Å². The summed E-state index contributed by atoms with van der Waals surface area (Å²) in [6, 6.07) is 9.34. The Balaban J connectivity index is 0.000000354. The van der Waals surface area contributed by atoms with Gasteiger partial charge in [0.1, 0.15) is 28.1 Å². The predicted octanol–water partition coefficient (Wildman–Crippen LogP) is 15.7. The maximum atomic E-state index is 15.9. The number of halogens is 28. The minimum atomic E-state index is -8.05. The molecule has 0 radical (unpaired) electrons. The lowest BCUT2D eigenvalue weighted by Crippen LogP contribution is -2.68. The van der Waals surface area contributed by atoms with Crippen molar-refractivity contribution in [1.29, 1.82) is 0 Å². The summed E-state index contributed by atoms with van der Waals surface area (Å²) in [5, 5.41) is 8.82. The van der Waals surface area contributed by atoms with Crippen molar-refractivity contribution in [2.75, 3.05) is 17.5 Å². The van der Waals surface area contributed by atoms with Crippen LogP contribution in [0, 0.1) is 87.3 Å². The molecule has 14 nitrogen and oxygen atoms in total. The first-order valence-electron chi connectivity index (χ1n) is 22.4. The van der Waals surface area contributed by atoms with E-state index in [4.69, 9.17) is 9.47 Å². The molecule has 0 unspecified atom stereocenters. The number of alkyl halides is 12. The first-order valence-corrected chi connectivity index (χ1v) is 22.4. The number of pyridine rings is 2. The lowest BCUT2D eigenvalue weighted by molar-refractivity contribution is -0.443. The molecule has 0 fully saturated rings. The van der Waals surface area contributed by atoms with Crippen LogP contribution in [0.2, 0.25) is 0 Å². The normalized spacial score (nSPS) is 12.2. The number of aromatic nitrogens is 2. The summed E-state index contributed by atoms with van der Waals surface area (Å²) in [5.41, 5.74) is -29.1. The van der Waals surface area contributed by atoms with E-state index in [1.165, 1.54) is 0 Å². The molecule has 2 amide bonds. The number of carbonyl (C=O) groups is 4. The average Bonchev–Trinajstić information content (AvgIpc) is 0.725. The molecular weight excluding hydrogens is 1320 g/mol. The van der Waals surface area contributed by atoms with E-state index in [9.17, 15) is 134 Å². The quantitative estimate of drug-likeness (QED) is 0.0314. The van der Waals surface area contributed by atoms with Crippen molar-refractivity contribution < 1.29 is 171 Å². The molecule has 0 aliphatic rings. The van der Waals surface area contributed by atoms with E-state index in [1.54, 1.807) is 51.1 Å². The molecule has 2 N–H and O–H groups in total. The number of ether oxygens (including phenoxy) is 5. The van der Waals surface area contributed by atoms with E-state index in [0.29, 0.717) is 5.56 Å². The van der Waals surface area contributed by atoms with Crippen LogP contribution in [0.3, 0.4) is 0 Å². The number of carboxylic acids is 1. The summed E-state index contributed by atoms with van der Waals surface area (Å²) in [4.78, 5) is 55.9. The Kier molecular flexibility index (Phi) is 19.8. The maximum Gasteiger partial charge on any atom is 0.574 e. The molecule has 2 heterocycles. The first-order chi connectivity index (χ1) is 41.0. The third-order valence-electron chi connectivity index (χ3n) is 10.7. The molecule has 6 rings (SSSR count). The highest BCUT2D eigenvalue weighted by Crippen LogP contribution is 2.56. The molecule has 488 valence electrons. The zero-order valence-electron chi connectivity index (χ0n) is 43.0.